The summed E-state index contributed by atoms with van der Waals surface area (Å²) < 4.78 is 5.05. The van der Waals surface area contributed by atoms with E-state index in [1.165, 1.54) is 17.8 Å². The molecule has 0 bridgehead atoms. The molecule has 0 amide bonds. The maximum Gasteiger partial charge on any atom is 0.483 e. The van der Waals surface area contributed by atoms with Crippen molar-refractivity contribution in [3.05, 3.63) is 48.1 Å². The molecule has 1 rings (SSSR count). The van der Waals surface area contributed by atoms with Crippen LogP contribution in [0, 0.1) is 0 Å². The summed E-state index contributed by atoms with van der Waals surface area (Å²) in [6, 6.07) is 9.96. The van der Waals surface area contributed by atoms with Crippen molar-refractivity contribution in [2.45, 2.75) is 6.42 Å². The standard InChI is InChI=1S/C10H13BO3/c12-11(13)7-9-14-8-6-10-4-2-1-3-5-10/h1-5,7,9,12-13H,6,8H2/b9-7+. The predicted octanol–water partition coefficient (Wildman–Crippen LogP) is 0.771. The van der Waals surface area contributed by atoms with Crippen LogP contribution < -0.4 is 0 Å². The highest BCUT2D eigenvalue weighted by Crippen LogP contribution is 1.99. The van der Waals surface area contributed by atoms with E-state index in [1.807, 2.05) is 30.3 Å². The molecule has 0 aliphatic heterocycles. The van der Waals surface area contributed by atoms with Crippen LogP contribution in [0.25, 0.3) is 0 Å². The fourth-order valence-corrected chi connectivity index (χ4v) is 1.02. The van der Waals surface area contributed by atoms with E-state index in [1.54, 1.807) is 0 Å². The number of hydrogen-bond acceptors (Lipinski definition) is 3. The highest BCUT2D eigenvalue weighted by atomic mass is 16.5. The van der Waals surface area contributed by atoms with Crippen LogP contribution in [0.3, 0.4) is 0 Å². The van der Waals surface area contributed by atoms with E-state index in [2.05, 4.69) is 0 Å². The molecule has 74 valence electrons. The topological polar surface area (TPSA) is 49.7 Å². The van der Waals surface area contributed by atoms with Gasteiger partial charge >= 0.3 is 7.12 Å². The Balaban J connectivity index is 2.16. The number of hydrogen-bond donors (Lipinski definition) is 2. The lowest BCUT2D eigenvalue weighted by atomic mass is 9.93. The minimum absolute atomic E-state index is 0.535. The van der Waals surface area contributed by atoms with Gasteiger partial charge in [-0.25, -0.2) is 0 Å². The van der Waals surface area contributed by atoms with Crippen LogP contribution in [0.5, 0.6) is 0 Å². The highest BCUT2D eigenvalue weighted by Gasteiger charge is 1.97. The molecule has 4 heteroatoms. The first-order valence-corrected chi connectivity index (χ1v) is 4.47. The Morgan fingerprint density at radius 1 is 1.21 bits per heavy atom. The van der Waals surface area contributed by atoms with Gasteiger partial charge in [-0.05, 0) is 11.5 Å². The number of ether oxygens (including phenoxy) is 1. The van der Waals surface area contributed by atoms with Crippen molar-refractivity contribution in [1.29, 1.82) is 0 Å². The monoisotopic (exact) mass is 192 g/mol. The van der Waals surface area contributed by atoms with Crippen molar-refractivity contribution < 1.29 is 14.8 Å². The van der Waals surface area contributed by atoms with E-state index in [4.69, 9.17) is 14.8 Å². The Morgan fingerprint density at radius 2 is 1.93 bits per heavy atom. The van der Waals surface area contributed by atoms with Crippen LogP contribution in [-0.4, -0.2) is 23.8 Å². The summed E-state index contributed by atoms with van der Waals surface area (Å²) in [5.74, 6) is 1.17. The van der Waals surface area contributed by atoms with Gasteiger partial charge in [0.1, 0.15) is 0 Å². The molecule has 0 radical (unpaired) electrons. The molecule has 0 fully saturated rings. The Kier molecular flexibility index (Phi) is 4.82. The summed E-state index contributed by atoms with van der Waals surface area (Å²) in [5, 5.41) is 16.9. The quantitative estimate of drug-likeness (QED) is 0.411. The second-order valence-corrected chi connectivity index (χ2v) is 2.85. The van der Waals surface area contributed by atoms with Gasteiger partial charge in [0, 0.05) is 6.42 Å². The molecule has 0 aliphatic carbocycles. The molecule has 0 unspecified atom stereocenters. The highest BCUT2D eigenvalue weighted by molar-refractivity contribution is 6.47. The molecule has 14 heavy (non-hydrogen) atoms. The summed E-state index contributed by atoms with van der Waals surface area (Å²) in [7, 11) is -1.44. The van der Waals surface area contributed by atoms with Crippen LogP contribution in [-0.2, 0) is 11.2 Å². The van der Waals surface area contributed by atoms with Crippen molar-refractivity contribution in [3.63, 3.8) is 0 Å². The van der Waals surface area contributed by atoms with Crippen molar-refractivity contribution >= 4 is 7.12 Å². The predicted molar refractivity (Wildman–Crippen MR) is 55.4 cm³/mol. The molecular weight excluding hydrogens is 179 g/mol. The van der Waals surface area contributed by atoms with Crippen molar-refractivity contribution in [1.82, 2.24) is 0 Å². The van der Waals surface area contributed by atoms with Gasteiger partial charge < -0.3 is 14.8 Å². The first kappa shape index (κ1) is 10.8. The van der Waals surface area contributed by atoms with Gasteiger partial charge in [-0.3, -0.25) is 0 Å². The molecule has 2 N–H and O–H groups in total. The van der Waals surface area contributed by atoms with Gasteiger partial charge in [0.25, 0.3) is 0 Å². The zero-order valence-corrected chi connectivity index (χ0v) is 7.84. The zero-order valence-electron chi connectivity index (χ0n) is 7.84. The maximum atomic E-state index is 8.46. The summed E-state index contributed by atoms with van der Waals surface area (Å²) >= 11 is 0. The van der Waals surface area contributed by atoms with Crippen molar-refractivity contribution in [2.75, 3.05) is 6.61 Å². The summed E-state index contributed by atoms with van der Waals surface area (Å²) in [4.78, 5) is 0. The Morgan fingerprint density at radius 3 is 2.57 bits per heavy atom. The average molecular weight is 192 g/mol. The van der Waals surface area contributed by atoms with Crippen LogP contribution in [0.4, 0.5) is 0 Å². The second kappa shape index (κ2) is 6.24. The molecule has 1 aromatic carbocycles. The van der Waals surface area contributed by atoms with E-state index < -0.39 is 7.12 Å². The Bertz CT molecular complexity index is 272. The third kappa shape index (κ3) is 4.69. The van der Waals surface area contributed by atoms with Crippen LogP contribution in [0.1, 0.15) is 5.56 Å². The zero-order chi connectivity index (χ0) is 10.2. The lowest BCUT2D eigenvalue weighted by Gasteiger charge is -2.00. The minimum Gasteiger partial charge on any atom is -0.502 e. The van der Waals surface area contributed by atoms with Crippen molar-refractivity contribution in [3.8, 4) is 0 Å². The van der Waals surface area contributed by atoms with E-state index in [0.717, 1.165) is 6.42 Å². The normalized spacial score (nSPS) is 10.4. The molecule has 0 heterocycles. The van der Waals surface area contributed by atoms with Gasteiger partial charge in [0.15, 0.2) is 0 Å². The van der Waals surface area contributed by atoms with Gasteiger partial charge in [0.2, 0.25) is 0 Å². The number of rotatable bonds is 5. The SMILES string of the molecule is OB(O)/C=C/OCCc1ccccc1. The van der Waals surface area contributed by atoms with Gasteiger partial charge in [-0.15, -0.1) is 0 Å². The second-order valence-electron chi connectivity index (χ2n) is 2.85. The molecular formula is C10H13BO3. The Hall–Kier alpha value is -1.26. The van der Waals surface area contributed by atoms with E-state index in [-0.39, 0.29) is 0 Å². The van der Waals surface area contributed by atoms with E-state index in [9.17, 15) is 0 Å². The average Bonchev–Trinajstić information content (AvgIpc) is 2.18. The lowest BCUT2D eigenvalue weighted by Crippen LogP contribution is -2.06. The molecule has 0 saturated carbocycles. The summed E-state index contributed by atoms with van der Waals surface area (Å²) in [6.45, 7) is 0.535. The molecule has 0 atom stereocenters. The van der Waals surface area contributed by atoms with Crippen LogP contribution in [0.2, 0.25) is 0 Å². The van der Waals surface area contributed by atoms with Crippen LogP contribution >= 0.6 is 0 Å². The van der Waals surface area contributed by atoms with Gasteiger partial charge in [-0.2, -0.15) is 0 Å². The first-order chi connectivity index (χ1) is 6.79. The largest absolute Gasteiger partial charge is 0.502 e. The summed E-state index contributed by atoms with van der Waals surface area (Å²) in [5.41, 5.74) is 1.20. The van der Waals surface area contributed by atoms with E-state index >= 15 is 0 Å². The summed E-state index contributed by atoms with van der Waals surface area (Å²) in [6.07, 6.45) is 2.11. The number of benzene rings is 1. The smallest absolute Gasteiger partial charge is 0.483 e. The molecule has 0 saturated heterocycles. The molecule has 1 aromatic rings. The molecule has 0 aliphatic rings. The molecule has 3 nitrogen and oxygen atoms in total. The molecule has 0 spiro atoms. The maximum absolute atomic E-state index is 8.46. The van der Waals surface area contributed by atoms with Gasteiger partial charge in [-0.1, -0.05) is 30.3 Å². The van der Waals surface area contributed by atoms with E-state index in [0.29, 0.717) is 6.61 Å². The third-order valence-electron chi connectivity index (χ3n) is 1.70. The van der Waals surface area contributed by atoms with Gasteiger partial charge in [0.05, 0.1) is 12.9 Å². The Labute approximate surface area is 83.8 Å². The molecule has 0 aromatic heterocycles. The lowest BCUT2D eigenvalue weighted by molar-refractivity contribution is 0.253. The third-order valence-corrected chi connectivity index (χ3v) is 1.70. The fraction of sp³-hybridized carbons (Fsp3) is 0.200. The first-order valence-electron chi connectivity index (χ1n) is 4.47. The fourth-order valence-electron chi connectivity index (χ4n) is 1.02. The van der Waals surface area contributed by atoms with Crippen LogP contribution in [0.15, 0.2) is 42.6 Å². The minimum atomic E-state index is -1.44. The van der Waals surface area contributed by atoms with Crippen molar-refractivity contribution in [2.24, 2.45) is 0 Å².